The smallest absolute Gasteiger partial charge is 0.247 e. The number of nitrogens with two attached hydrogens (primary N) is 1. The van der Waals surface area contributed by atoms with Crippen LogP contribution in [-0.4, -0.2) is 18.7 Å². The maximum absolute atomic E-state index is 12.2. The second-order valence-corrected chi connectivity index (χ2v) is 5.70. The number of amides is 1. The topological polar surface area (TPSA) is 64.8 Å². The highest BCUT2D eigenvalue weighted by atomic mass is 35.5. The molecule has 0 unspecified atom stereocenters. The summed E-state index contributed by atoms with van der Waals surface area (Å²) in [6.45, 7) is 0.201. The fraction of sp³-hybridized carbons (Fsp3) is 0.188. The van der Waals surface area contributed by atoms with E-state index in [1.165, 1.54) is 0 Å². The van der Waals surface area contributed by atoms with Crippen molar-refractivity contribution in [2.45, 2.75) is 12.1 Å². The van der Waals surface area contributed by atoms with Crippen molar-refractivity contribution in [2.24, 2.45) is 5.73 Å². The summed E-state index contributed by atoms with van der Waals surface area (Å²) < 4.78 is 10.7. The molecule has 0 bridgehead atoms. The largest absolute Gasteiger partial charge is 0.454 e. The summed E-state index contributed by atoms with van der Waals surface area (Å²) in [6.07, 6.45) is 0. The Morgan fingerprint density at radius 2 is 1.82 bits per heavy atom. The molecule has 0 saturated carbocycles. The van der Waals surface area contributed by atoms with Crippen LogP contribution in [0.5, 0.6) is 11.5 Å². The van der Waals surface area contributed by atoms with E-state index < -0.39 is 6.04 Å². The van der Waals surface area contributed by atoms with E-state index in [9.17, 15) is 4.79 Å². The number of carbonyl (C=O) groups is 1. The molecule has 1 fully saturated rings. The third-order valence-electron chi connectivity index (χ3n) is 3.99. The number of hydrogen-bond acceptors (Lipinski definition) is 4. The monoisotopic (exact) mass is 316 g/mol. The summed E-state index contributed by atoms with van der Waals surface area (Å²) in [5.41, 5.74) is 7.70. The van der Waals surface area contributed by atoms with Gasteiger partial charge in [0.1, 0.15) is 6.04 Å². The van der Waals surface area contributed by atoms with Gasteiger partial charge >= 0.3 is 0 Å². The molecule has 0 spiro atoms. The number of nitrogens with zero attached hydrogens (tertiary/aromatic N) is 1. The Morgan fingerprint density at radius 1 is 1.09 bits per heavy atom. The normalized spacial score (nSPS) is 22.6. The summed E-state index contributed by atoms with van der Waals surface area (Å²) in [4.78, 5) is 13.9. The van der Waals surface area contributed by atoms with Crippen molar-refractivity contribution in [3.8, 4) is 11.5 Å². The molecular weight excluding hydrogens is 304 g/mol. The van der Waals surface area contributed by atoms with E-state index in [1.807, 2.05) is 18.2 Å². The van der Waals surface area contributed by atoms with Crippen LogP contribution in [0.4, 0.5) is 5.69 Å². The fourth-order valence-electron chi connectivity index (χ4n) is 2.85. The van der Waals surface area contributed by atoms with Crippen LogP contribution in [0.1, 0.15) is 11.6 Å². The highest BCUT2D eigenvalue weighted by Gasteiger charge is 2.46. The van der Waals surface area contributed by atoms with E-state index in [0.29, 0.717) is 16.5 Å². The maximum atomic E-state index is 12.2. The number of halogens is 1. The highest BCUT2D eigenvalue weighted by molar-refractivity contribution is 6.30. The molecule has 2 atom stereocenters. The van der Waals surface area contributed by atoms with Gasteiger partial charge in [-0.25, -0.2) is 0 Å². The quantitative estimate of drug-likeness (QED) is 0.865. The van der Waals surface area contributed by atoms with Gasteiger partial charge in [0.25, 0.3) is 0 Å². The Labute approximate surface area is 132 Å². The van der Waals surface area contributed by atoms with Gasteiger partial charge in [0, 0.05) is 16.8 Å². The van der Waals surface area contributed by atoms with Crippen molar-refractivity contribution in [3.05, 3.63) is 53.1 Å². The first-order valence-corrected chi connectivity index (χ1v) is 7.27. The van der Waals surface area contributed by atoms with E-state index in [0.717, 1.165) is 11.3 Å². The Hall–Kier alpha value is -2.24. The summed E-state index contributed by atoms with van der Waals surface area (Å²) in [7, 11) is 0. The third-order valence-corrected chi connectivity index (χ3v) is 4.24. The first kappa shape index (κ1) is 13.4. The first-order chi connectivity index (χ1) is 10.6. The molecule has 6 heteroatoms. The molecule has 2 aliphatic rings. The molecule has 112 valence electrons. The minimum absolute atomic E-state index is 0.112. The van der Waals surface area contributed by atoms with Crippen LogP contribution < -0.4 is 20.1 Å². The molecule has 0 aliphatic carbocycles. The number of benzene rings is 2. The lowest BCUT2D eigenvalue weighted by atomic mass is 9.88. The van der Waals surface area contributed by atoms with E-state index >= 15 is 0 Å². The van der Waals surface area contributed by atoms with Crippen molar-refractivity contribution >= 4 is 23.2 Å². The number of ether oxygens (including phenoxy) is 2. The SMILES string of the molecule is N[C@@H]1C(=O)N(c2ccc3c(c2)OCO3)[C@H]1c1ccc(Cl)cc1. The Balaban J connectivity index is 1.70. The minimum Gasteiger partial charge on any atom is -0.454 e. The predicted molar refractivity (Wildman–Crippen MR) is 82.2 cm³/mol. The molecule has 2 aromatic rings. The van der Waals surface area contributed by atoms with Gasteiger partial charge in [-0.2, -0.15) is 0 Å². The van der Waals surface area contributed by atoms with Crippen LogP contribution in [0.15, 0.2) is 42.5 Å². The van der Waals surface area contributed by atoms with Gasteiger partial charge in [-0.3, -0.25) is 4.79 Å². The highest BCUT2D eigenvalue weighted by Crippen LogP contribution is 2.42. The van der Waals surface area contributed by atoms with Crippen LogP contribution in [0.25, 0.3) is 0 Å². The molecule has 2 heterocycles. The summed E-state index contributed by atoms with van der Waals surface area (Å²) in [6, 6.07) is 12.0. The number of fused-ring (bicyclic) bond motifs is 1. The second-order valence-electron chi connectivity index (χ2n) is 5.27. The molecule has 0 aromatic heterocycles. The van der Waals surface area contributed by atoms with Crippen molar-refractivity contribution in [3.63, 3.8) is 0 Å². The summed E-state index contributed by atoms with van der Waals surface area (Å²) >= 11 is 5.92. The minimum atomic E-state index is -0.549. The van der Waals surface area contributed by atoms with Crippen molar-refractivity contribution in [2.75, 3.05) is 11.7 Å². The number of hydrogen-bond donors (Lipinski definition) is 1. The van der Waals surface area contributed by atoms with Gasteiger partial charge < -0.3 is 20.1 Å². The molecule has 0 radical (unpaired) electrons. The van der Waals surface area contributed by atoms with Crippen LogP contribution in [0.2, 0.25) is 5.02 Å². The molecule has 2 aromatic carbocycles. The van der Waals surface area contributed by atoms with Gasteiger partial charge in [0.05, 0.1) is 6.04 Å². The van der Waals surface area contributed by atoms with E-state index in [-0.39, 0.29) is 18.7 Å². The zero-order valence-electron chi connectivity index (χ0n) is 11.5. The third kappa shape index (κ3) is 1.94. The Kier molecular flexibility index (Phi) is 2.99. The van der Waals surface area contributed by atoms with Gasteiger partial charge in [-0.05, 0) is 29.8 Å². The lowest BCUT2D eigenvalue weighted by Gasteiger charge is -2.45. The van der Waals surface area contributed by atoms with Crippen LogP contribution in [-0.2, 0) is 4.79 Å². The molecule has 22 heavy (non-hydrogen) atoms. The average Bonchev–Trinajstić information content (AvgIpc) is 3.00. The first-order valence-electron chi connectivity index (χ1n) is 6.89. The number of β-lactam (4-membered cyclic amide) rings is 1. The van der Waals surface area contributed by atoms with Gasteiger partial charge in [0.2, 0.25) is 12.7 Å². The number of rotatable bonds is 2. The van der Waals surface area contributed by atoms with Crippen molar-refractivity contribution in [1.82, 2.24) is 0 Å². The zero-order chi connectivity index (χ0) is 15.3. The molecule has 4 rings (SSSR count). The zero-order valence-corrected chi connectivity index (χ0v) is 12.3. The Bertz CT molecular complexity index is 748. The average molecular weight is 317 g/mol. The van der Waals surface area contributed by atoms with Crippen LogP contribution in [0, 0.1) is 0 Å². The van der Waals surface area contributed by atoms with E-state index in [4.69, 9.17) is 26.8 Å². The van der Waals surface area contributed by atoms with E-state index in [2.05, 4.69) is 0 Å². The standard InChI is InChI=1S/C16H13ClN2O3/c17-10-3-1-9(2-4-10)15-14(18)16(20)19(15)11-5-6-12-13(7-11)22-8-21-12/h1-7,14-15H,8,18H2/t14-,15-/m0/s1. The lowest BCUT2D eigenvalue weighted by Crippen LogP contribution is -2.63. The Morgan fingerprint density at radius 3 is 2.59 bits per heavy atom. The molecule has 1 amide bonds. The van der Waals surface area contributed by atoms with E-state index in [1.54, 1.807) is 29.2 Å². The van der Waals surface area contributed by atoms with Gasteiger partial charge in [-0.1, -0.05) is 23.7 Å². The summed E-state index contributed by atoms with van der Waals surface area (Å²) in [5, 5.41) is 0.651. The second kappa shape index (κ2) is 4.90. The lowest BCUT2D eigenvalue weighted by molar-refractivity contribution is -0.126. The van der Waals surface area contributed by atoms with Crippen LogP contribution >= 0.6 is 11.6 Å². The van der Waals surface area contributed by atoms with Gasteiger partial charge in [0.15, 0.2) is 11.5 Å². The van der Waals surface area contributed by atoms with Crippen molar-refractivity contribution in [1.29, 1.82) is 0 Å². The van der Waals surface area contributed by atoms with Crippen molar-refractivity contribution < 1.29 is 14.3 Å². The number of anilines is 1. The summed E-state index contributed by atoms with van der Waals surface area (Å²) in [5.74, 6) is 1.21. The maximum Gasteiger partial charge on any atom is 0.247 e. The number of carbonyl (C=O) groups excluding carboxylic acids is 1. The molecule has 5 nitrogen and oxygen atoms in total. The molecule has 1 saturated heterocycles. The van der Waals surface area contributed by atoms with Gasteiger partial charge in [-0.15, -0.1) is 0 Å². The molecule has 2 N–H and O–H groups in total. The molecular formula is C16H13ClN2O3. The molecule has 2 aliphatic heterocycles. The fourth-order valence-corrected chi connectivity index (χ4v) is 2.98. The predicted octanol–water partition coefficient (Wildman–Crippen LogP) is 2.48. The van der Waals surface area contributed by atoms with Crippen LogP contribution in [0.3, 0.4) is 0 Å².